The quantitative estimate of drug-likeness (QED) is 0.374. The van der Waals surface area contributed by atoms with E-state index in [0.29, 0.717) is 0 Å². The number of hydrogen-bond acceptors (Lipinski definition) is 3. The zero-order chi connectivity index (χ0) is 6.78. The Kier molecular flexibility index (Phi) is 7.33. The van der Waals surface area contributed by atoms with Crippen molar-refractivity contribution >= 4 is 10.4 Å². The first-order valence-corrected chi connectivity index (χ1v) is 2.72. The number of hydrogen-bond donors (Lipinski definition) is 1. The minimum atomic E-state index is -4.97. The van der Waals surface area contributed by atoms with Gasteiger partial charge in [-0.1, -0.05) is 0 Å². The van der Waals surface area contributed by atoms with Gasteiger partial charge in [-0.15, -0.1) is 0 Å². The van der Waals surface area contributed by atoms with Crippen molar-refractivity contribution in [3.05, 3.63) is 0 Å². The Hall–Kier alpha value is 1.37. The van der Waals surface area contributed by atoms with E-state index < -0.39 is 17.0 Å². The molecule has 8 heteroatoms. The Balaban J connectivity index is -0.000000245. The molecule has 0 unspecified atom stereocenters. The van der Waals surface area contributed by atoms with Gasteiger partial charge in [0.1, 0.15) is 0 Å². The van der Waals surface area contributed by atoms with Crippen molar-refractivity contribution in [2.45, 2.75) is 6.61 Å². The zero-order valence-corrected chi connectivity index (χ0v) is 8.35. The Morgan fingerprint density at radius 2 is 1.89 bits per heavy atom. The molecule has 0 aliphatic rings. The fraction of sp³-hybridized carbons (Fsp3) is 1.00. The molecule has 0 bridgehead atoms. The van der Waals surface area contributed by atoms with Gasteiger partial charge in [-0.05, 0) is 0 Å². The molecular weight excluding hydrogens is 185 g/mol. The molecule has 0 spiro atoms. The fourth-order valence-corrected chi connectivity index (χ4v) is 0.276. The molecule has 0 heterocycles. The summed E-state index contributed by atoms with van der Waals surface area (Å²) in [7, 11) is -4.97. The minimum absolute atomic E-state index is 0. The van der Waals surface area contributed by atoms with E-state index in [1.807, 2.05) is 0 Å². The third-order valence-electron chi connectivity index (χ3n) is 0.194. The molecule has 0 aromatic rings. The molecule has 0 rings (SSSR count). The first kappa shape index (κ1) is 13.0. The molecule has 1 N–H and O–H groups in total. The number of halogens is 2. The van der Waals surface area contributed by atoms with E-state index in [1.165, 1.54) is 0 Å². The van der Waals surface area contributed by atoms with E-state index in [4.69, 9.17) is 4.55 Å². The van der Waals surface area contributed by atoms with Gasteiger partial charge in [0.25, 0.3) is 0 Å². The Labute approximate surface area is 94.4 Å². The molecule has 52 valence electrons. The second-order valence-electron chi connectivity index (χ2n) is 0.785. The van der Waals surface area contributed by atoms with Crippen molar-refractivity contribution in [1.29, 1.82) is 0 Å². The van der Waals surface area contributed by atoms with Crippen LogP contribution in [0.25, 0.3) is 0 Å². The van der Waals surface area contributed by atoms with Gasteiger partial charge in [-0.2, -0.15) is 21.4 Å². The summed E-state index contributed by atoms with van der Waals surface area (Å²) < 4.78 is 50.2. The summed E-state index contributed by atoms with van der Waals surface area (Å²) in [6, 6.07) is 0. The monoisotopic (exact) mass is 188 g/mol. The van der Waals surface area contributed by atoms with E-state index in [9.17, 15) is 17.2 Å². The van der Waals surface area contributed by atoms with Gasteiger partial charge < -0.3 is 1.43 Å². The SMILES string of the molecule is O=S(=O)(O)OC(F)F.[H-].[K+]. The van der Waals surface area contributed by atoms with Crippen LogP contribution in [0.5, 0.6) is 0 Å². The van der Waals surface area contributed by atoms with Gasteiger partial charge in [-0.25, -0.2) is 0 Å². The van der Waals surface area contributed by atoms with Crippen LogP contribution in [-0.4, -0.2) is 19.6 Å². The summed E-state index contributed by atoms with van der Waals surface area (Å²) in [5.74, 6) is 0. The van der Waals surface area contributed by atoms with E-state index >= 15 is 0 Å². The van der Waals surface area contributed by atoms with Crippen LogP contribution in [-0.2, 0) is 14.6 Å². The standard InChI is InChI=1S/CH2F2O4S.K.H/c2-1(3)7-8(4,5)6;;/h1H,(H,4,5,6);;/q;+1;-1. The molecular formula is CH3F2KO4S. The normalized spacial score (nSPS) is 11.1. The Morgan fingerprint density at radius 3 is 1.89 bits per heavy atom. The summed E-state index contributed by atoms with van der Waals surface area (Å²) in [6.07, 6.45) is 0. The predicted octanol–water partition coefficient (Wildman–Crippen LogP) is -2.86. The van der Waals surface area contributed by atoms with Gasteiger partial charge in [0.05, 0.1) is 0 Å². The van der Waals surface area contributed by atoms with Gasteiger partial charge in [-0.3, -0.25) is 4.55 Å². The Bertz CT molecular complexity index is 157. The molecule has 0 amide bonds. The number of alkyl halides is 2. The van der Waals surface area contributed by atoms with Crippen molar-refractivity contribution in [3.8, 4) is 0 Å². The van der Waals surface area contributed by atoms with Crippen molar-refractivity contribution in [2.24, 2.45) is 0 Å². The molecule has 0 aliphatic carbocycles. The van der Waals surface area contributed by atoms with Gasteiger partial charge >= 0.3 is 68.4 Å². The molecule has 0 atom stereocenters. The van der Waals surface area contributed by atoms with Crippen molar-refractivity contribution in [2.75, 3.05) is 0 Å². The Morgan fingerprint density at radius 1 is 1.56 bits per heavy atom. The number of rotatable bonds is 2. The van der Waals surface area contributed by atoms with E-state index in [-0.39, 0.29) is 52.8 Å². The maximum Gasteiger partial charge on any atom is 1.00 e. The second kappa shape index (κ2) is 5.07. The van der Waals surface area contributed by atoms with E-state index in [1.54, 1.807) is 0 Å². The molecule has 0 saturated heterocycles. The van der Waals surface area contributed by atoms with Crippen LogP contribution in [0.3, 0.4) is 0 Å². The summed E-state index contributed by atoms with van der Waals surface area (Å²) in [6.45, 7) is -3.50. The van der Waals surface area contributed by atoms with Crippen LogP contribution >= 0.6 is 0 Å². The van der Waals surface area contributed by atoms with Crippen molar-refractivity contribution in [1.82, 2.24) is 0 Å². The zero-order valence-electron chi connectivity index (χ0n) is 5.41. The van der Waals surface area contributed by atoms with Crippen LogP contribution < -0.4 is 51.4 Å². The van der Waals surface area contributed by atoms with Crippen LogP contribution in [0.2, 0.25) is 0 Å². The topological polar surface area (TPSA) is 63.6 Å². The third kappa shape index (κ3) is 12.5. The van der Waals surface area contributed by atoms with Gasteiger partial charge in [0, 0.05) is 0 Å². The second-order valence-corrected chi connectivity index (χ2v) is 1.83. The summed E-state index contributed by atoms with van der Waals surface area (Å²) in [4.78, 5) is 0. The predicted molar refractivity (Wildman–Crippen MR) is 19.7 cm³/mol. The van der Waals surface area contributed by atoms with Crippen LogP contribution in [0.4, 0.5) is 8.78 Å². The maximum absolute atomic E-state index is 10.8. The molecule has 0 fully saturated rings. The van der Waals surface area contributed by atoms with Crippen molar-refractivity contribution < 1.29 is 78.7 Å². The average molecular weight is 188 g/mol. The molecule has 0 saturated carbocycles. The maximum atomic E-state index is 10.8. The summed E-state index contributed by atoms with van der Waals surface area (Å²) in [5, 5.41) is 0. The molecule has 0 aliphatic heterocycles. The third-order valence-corrected chi connectivity index (χ3v) is 0.583. The largest absolute Gasteiger partial charge is 1.00 e. The van der Waals surface area contributed by atoms with Gasteiger partial charge in [0.15, 0.2) is 0 Å². The fourth-order valence-electron chi connectivity index (χ4n) is 0.0919. The first-order valence-electron chi connectivity index (χ1n) is 1.35. The van der Waals surface area contributed by atoms with Crippen LogP contribution in [0.1, 0.15) is 1.43 Å². The molecule has 4 nitrogen and oxygen atoms in total. The minimum Gasteiger partial charge on any atom is -1.00 e. The van der Waals surface area contributed by atoms with Crippen LogP contribution in [0.15, 0.2) is 0 Å². The molecule has 0 aromatic heterocycles. The molecule has 0 radical (unpaired) electrons. The van der Waals surface area contributed by atoms with Crippen LogP contribution in [0, 0.1) is 0 Å². The molecule has 0 aromatic carbocycles. The average Bonchev–Trinajstić information content (AvgIpc) is 1.21. The summed E-state index contributed by atoms with van der Waals surface area (Å²) in [5.41, 5.74) is 0. The van der Waals surface area contributed by atoms with Gasteiger partial charge in [0.2, 0.25) is 0 Å². The van der Waals surface area contributed by atoms with E-state index in [2.05, 4.69) is 4.18 Å². The smallest absolute Gasteiger partial charge is 1.00 e. The summed E-state index contributed by atoms with van der Waals surface area (Å²) >= 11 is 0. The van der Waals surface area contributed by atoms with Crippen molar-refractivity contribution in [3.63, 3.8) is 0 Å². The molecule has 9 heavy (non-hydrogen) atoms. The first-order chi connectivity index (χ1) is 3.42. The van der Waals surface area contributed by atoms with E-state index in [0.717, 1.165) is 0 Å².